The van der Waals surface area contributed by atoms with Gasteiger partial charge in [0.1, 0.15) is 6.07 Å². The van der Waals surface area contributed by atoms with E-state index in [0.29, 0.717) is 5.57 Å². The third kappa shape index (κ3) is 2.43. The van der Waals surface area contributed by atoms with Crippen molar-refractivity contribution >= 4 is 21.5 Å². The molecule has 0 spiro atoms. The molecule has 0 saturated heterocycles. The number of nitrogens with zero attached hydrogens (tertiary/aromatic N) is 2. The highest BCUT2D eigenvalue weighted by Gasteiger charge is 1.98. The molecule has 0 radical (unpaired) electrons. The lowest BCUT2D eigenvalue weighted by Crippen LogP contribution is -1.79. The van der Waals surface area contributed by atoms with Crippen molar-refractivity contribution in [3.63, 3.8) is 0 Å². The quantitative estimate of drug-likeness (QED) is 0.700. The summed E-state index contributed by atoms with van der Waals surface area (Å²) in [5, 5.41) is 17.1. The maximum absolute atomic E-state index is 8.70. The first-order valence-corrected chi connectivity index (χ1v) is 4.33. The summed E-state index contributed by atoms with van der Waals surface area (Å²) in [5.74, 6) is 0. The molecular formula is C10H5BrN2. The van der Waals surface area contributed by atoms with Gasteiger partial charge in [0, 0.05) is 10.5 Å². The van der Waals surface area contributed by atoms with E-state index in [2.05, 4.69) is 15.9 Å². The van der Waals surface area contributed by atoms with Crippen LogP contribution in [0.1, 0.15) is 5.56 Å². The van der Waals surface area contributed by atoms with E-state index in [1.807, 2.05) is 24.3 Å². The summed E-state index contributed by atoms with van der Waals surface area (Å²) in [6, 6.07) is 11.0. The van der Waals surface area contributed by atoms with E-state index in [0.717, 1.165) is 10.0 Å². The first-order chi connectivity index (χ1) is 6.27. The Morgan fingerprint density at radius 1 is 1.23 bits per heavy atom. The van der Waals surface area contributed by atoms with E-state index in [1.165, 1.54) is 6.08 Å². The van der Waals surface area contributed by atoms with Gasteiger partial charge in [-0.1, -0.05) is 28.1 Å². The highest BCUT2D eigenvalue weighted by molar-refractivity contribution is 9.10. The van der Waals surface area contributed by atoms with Gasteiger partial charge in [-0.3, -0.25) is 0 Å². The molecule has 0 atom stereocenters. The van der Waals surface area contributed by atoms with Crippen molar-refractivity contribution in [1.82, 2.24) is 0 Å². The monoisotopic (exact) mass is 232 g/mol. The molecule has 0 N–H and O–H groups in total. The Labute approximate surface area is 84.9 Å². The Morgan fingerprint density at radius 2 is 1.85 bits per heavy atom. The Hall–Kier alpha value is -1.58. The van der Waals surface area contributed by atoms with E-state index < -0.39 is 0 Å². The van der Waals surface area contributed by atoms with Crippen molar-refractivity contribution in [2.45, 2.75) is 0 Å². The SMILES string of the molecule is N#C/C=C(\C#N)c1ccc(Br)cc1. The summed E-state index contributed by atoms with van der Waals surface area (Å²) >= 11 is 3.29. The molecule has 1 rings (SSSR count). The molecule has 0 saturated carbocycles. The van der Waals surface area contributed by atoms with Crippen LogP contribution in [0.15, 0.2) is 34.8 Å². The van der Waals surface area contributed by atoms with E-state index in [1.54, 1.807) is 12.1 Å². The minimum absolute atomic E-state index is 0.384. The molecular weight excluding hydrogens is 228 g/mol. The van der Waals surface area contributed by atoms with E-state index in [-0.39, 0.29) is 0 Å². The summed E-state index contributed by atoms with van der Waals surface area (Å²) in [4.78, 5) is 0. The van der Waals surface area contributed by atoms with Gasteiger partial charge in [-0.2, -0.15) is 10.5 Å². The van der Waals surface area contributed by atoms with Crippen LogP contribution in [0.5, 0.6) is 0 Å². The van der Waals surface area contributed by atoms with Crippen LogP contribution in [-0.4, -0.2) is 0 Å². The van der Waals surface area contributed by atoms with Crippen molar-refractivity contribution in [1.29, 1.82) is 10.5 Å². The fourth-order valence-corrected chi connectivity index (χ4v) is 1.14. The summed E-state index contributed by atoms with van der Waals surface area (Å²) in [5.41, 5.74) is 1.14. The molecule has 1 aromatic carbocycles. The van der Waals surface area contributed by atoms with Crippen LogP contribution in [0.25, 0.3) is 5.57 Å². The second kappa shape index (κ2) is 4.45. The van der Waals surface area contributed by atoms with Crippen molar-refractivity contribution in [3.05, 3.63) is 40.4 Å². The number of halogens is 1. The van der Waals surface area contributed by atoms with Crippen molar-refractivity contribution in [2.24, 2.45) is 0 Å². The minimum atomic E-state index is 0.384. The Morgan fingerprint density at radius 3 is 2.31 bits per heavy atom. The molecule has 0 aliphatic rings. The number of hydrogen-bond acceptors (Lipinski definition) is 2. The molecule has 3 heteroatoms. The summed E-state index contributed by atoms with van der Waals surface area (Å²) in [6.45, 7) is 0. The second-order valence-corrected chi connectivity index (χ2v) is 3.22. The maximum Gasteiger partial charge on any atom is 0.101 e. The lowest BCUT2D eigenvalue weighted by atomic mass is 10.1. The number of rotatable bonds is 1. The first kappa shape index (κ1) is 9.51. The summed E-state index contributed by atoms with van der Waals surface area (Å²) in [7, 11) is 0. The molecule has 62 valence electrons. The molecule has 0 fully saturated rings. The van der Waals surface area contributed by atoms with Gasteiger partial charge in [-0.05, 0) is 17.7 Å². The van der Waals surface area contributed by atoms with Crippen molar-refractivity contribution < 1.29 is 0 Å². The molecule has 0 aliphatic carbocycles. The maximum atomic E-state index is 8.70. The standard InChI is InChI=1S/C10H5BrN2/c11-10-3-1-8(2-4-10)9(7-13)5-6-12/h1-5H/b9-5+. The van der Waals surface area contributed by atoms with Crippen LogP contribution in [0.2, 0.25) is 0 Å². The van der Waals surface area contributed by atoms with Gasteiger partial charge in [-0.15, -0.1) is 0 Å². The Bertz CT molecular complexity index is 404. The van der Waals surface area contributed by atoms with Gasteiger partial charge in [0.05, 0.1) is 11.6 Å². The van der Waals surface area contributed by atoms with Gasteiger partial charge in [0.15, 0.2) is 0 Å². The lowest BCUT2D eigenvalue weighted by Gasteiger charge is -1.96. The van der Waals surface area contributed by atoms with Crippen molar-refractivity contribution in [2.75, 3.05) is 0 Å². The molecule has 0 heterocycles. The van der Waals surface area contributed by atoms with Gasteiger partial charge in [0.25, 0.3) is 0 Å². The fourth-order valence-electron chi connectivity index (χ4n) is 0.874. The predicted octanol–water partition coefficient (Wildman–Crippen LogP) is 2.88. The van der Waals surface area contributed by atoms with E-state index >= 15 is 0 Å². The molecule has 2 nitrogen and oxygen atoms in total. The smallest absolute Gasteiger partial charge is 0.101 e. The van der Waals surface area contributed by atoms with Crippen LogP contribution in [0, 0.1) is 22.7 Å². The molecule has 13 heavy (non-hydrogen) atoms. The predicted molar refractivity (Wildman–Crippen MR) is 53.3 cm³/mol. The van der Waals surface area contributed by atoms with Crippen LogP contribution >= 0.6 is 15.9 Å². The third-order valence-corrected chi connectivity index (χ3v) is 2.01. The molecule has 0 unspecified atom stereocenters. The molecule has 1 aromatic rings. The van der Waals surface area contributed by atoms with Gasteiger partial charge in [-0.25, -0.2) is 0 Å². The van der Waals surface area contributed by atoms with E-state index in [4.69, 9.17) is 10.5 Å². The molecule has 0 amide bonds. The van der Waals surface area contributed by atoms with Crippen LogP contribution in [0.4, 0.5) is 0 Å². The molecule has 0 bridgehead atoms. The minimum Gasteiger partial charge on any atom is -0.193 e. The van der Waals surface area contributed by atoms with Crippen LogP contribution in [0.3, 0.4) is 0 Å². The molecule has 0 aromatic heterocycles. The first-order valence-electron chi connectivity index (χ1n) is 3.53. The zero-order valence-corrected chi connectivity index (χ0v) is 8.25. The second-order valence-electron chi connectivity index (χ2n) is 2.31. The fraction of sp³-hybridized carbons (Fsp3) is 0. The number of allylic oxidation sites excluding steroid dienone is 2. The highest BCUT2D eigenvalue weighted by atomic mass is 79.9. The van der Waals surface area contributed by atoms with Gasteiger partial charge >= 0.3 is 0 Å². The number of hydrogen-bond donors (Lipinski definition) is 0. The largest absolute Gasteiger partial charge is 0.193 e. The van der Waals surface area contributed by atoms with Crippen LogP contribution < -0.4 is 0 Å². The average Bonchev–Trinajstić information content (AvgIpc) is 2.16. The highest BCUT2D eigenvalue weighted by Crippen LogP contribution is 2.16. The number of benzene rings is 1. The van der Waals surface area contributed by atoms with Gasteiger partial charge < -0.3 is 0 Å². The van der Waals surface area contributed by atoms with Gasteiger partial charge in [0.2, 0.25) is 0 Å². The van der Waals surface area contributed by atoms with Crippen molar-refractivity contribution in [3.8, 4) is 12.1 Å². The summed E-state index contributed by atoms with van der Waals surface area (Å²) < 4.78 is 0.950. The van der Waals surface area contributed by atoms with Crippen LogP contribution in [-0.2, 0) is 0 Å². The third-order valence-electron chi connectivity index (χ3n) is 1.48. The molecule has 0 aliphatic heterocycles. The summed E-state index contributed by atoms with van der Waals surface area (Å²) in [6.07, 6.45) is 1.24. The average molecular weight is 233 g/mol. The Kier molecular flexibility index (Phi) is 3.25. The lowest BCUT2D eigenvalue weighted by molar-refractivity contribution is 1.50. The topological polar surface area (TPSA) is 47.6 Å². The number of nitriles is 2. The Balaban J connectivity index is 3.10. The normalized spacial score (nSPS) is 10.2. The zero-order valence-electron chi connectivity index (χ0n) is 6.66. The van der Waals surface area contributed by atoms with E-state index in [9.17, 15) is 0 Å². The zero-order chi connectivity index (χ0) is 9.68.